The second-order valence-corrected chi connectivity index (χ2v) is 3.43. The molecule has 0 saturated heterocycles. The van der Waals surface area contributed by atoms with Gasteiger partial charge in [0, 0.05) is 6.07 Å². The van der Waals surface area contributed by atoms with Gasteiger partial charge in [-0.15, -0.1) is 0 Å². The van der Waals surface area contributed by atoms with Crippen LogP contribution in [0.1, 0.15) is 19.6 Å². The highest BCUT2D eigenvalue weighted by atomic mass is 16.6. The van der Waals surface area contributed by atoms with Gasteiger partial charge in [0.25, 0.3) is 5.88 Å². The zero-order valence-corrected chi connectivity index (χ0v) is 8.03. The first-order chi connectivity index (χ1) is 6.10. The first-order valence-electron chi connectivity index (χ1n) is 3.93. The second kappa shape index (κ2) is 3.76. The van der Waals surface area contributed by atoms with Gasteiger partial charge in [-0.2, -0.15) is 0 Å². The van der Waals surface area contributed by atoms with Crippen molar-refractivity contribution in [3.63, 3.8) is 0 Å². The van der Waals surface area contributed by atoms with E-state index < -0.39 is 0 Å². The average molecular weight is 186 g/mol. The highest BCUT2D eigenvalue weighted by Gasteiger charge is 2.26. The van der Waals surface area contributed by atoms with Gasteiger partial charge in [-0.25, -0.2) is 5.90 Å². The van der Waals surface area contributed by atoms with E-state index >= 15 is 0 Å². The van der Waals surface area contributed by atoms with Crippen LogP contribution in [0, 0.1) is 0 Å². The van der Waals surface area contributed by atoms with Crippen molar-refractivity contribution in [2.45, 2.75) is 19.3 Å². The lowest BCUT2D eigenvalue weighted by Crippen LogP contribution is -2.25. The molecule has 5 heteroatoms. The van der Waals surface area contributed by atoms with Gasteiger partial charge in [0.05, 0.1) is 19.1 Å². The Bertz CT molecular complexity index is 270. The van der Waals surface area contributed by atoms with Crippen molar-refractivity contribution in [2.24, 2.45) is 5.90 Å². The summed E-state index contributed by atoms with van der Waals surface area (Å²) in [6, 6.07) is 1.72. The molecule has 0 fully saturated rings. The molecule has 0 aromatic carbocycles. The summed E-state index contributed by atoms with van der Waals surface area (Å²) in [7, 11) is 1.54. The third kappa shape index (κ3) is 2.19. The summed E-state index contributed by atoms with van der Waals surface area (Å²) in [5.41, 5.74) is -0.293. The lowest BCUT2D eigenvalue weighted by Gasteiger charge is -2.18. The van der Waals surface area contributed by atoms with Crippen LogP contribution in [0.25, 0.3) is 0 Å². The van der Waals surface area contributed by atoms with Gasteiger partial charge in [-0.05, 0) is 5.16 Å². The first kappa shape index (κ1) is 10.0. The number of nitrogens with two attached hydrogens (primary N) is 1. The first-order valence-corrected chi connectivity index (χ1v) is 3.93. The Morgan fingerprint density at radius 1 is 1.62 bits per heavy atom. The molecule has 0 aliphatic heterocycles. The van der Waals surface area contributed by atoms with E-state index in [1.54, 1.807) is 6.07 Å². The van der Waals surface area contributed by atoms with Crippen molar-refractivity contribution < 1.29 is 14.1 Å². The molecule has 1 aromatic heterocycles. The summed E-state index contributed by atoms with van der Waals surface area (Å²) in [5, 5.41) is 3.69. The molecular weight excluding hydrogens is 172 g/mol. The largest absolute Gasteiger partial charge is 0.479 e. The highest BCUT2D eigenvalue weighted by molar-refractivity contribution is 5.17. The molecule has 0 radical (unpaired) electrons. The highest BCUT2D eigenvalue weighted by Crippen LogP contribution is 2.25. The molecule has 0 atom stereocenters. The van der Waals surface area contributed by atoms with Crippen LogP contribution < -0.4 is 10.6 Å². The van der Waals surface area contributed by atoms with Gasteiger partial charge in [-0.3, -0.25) is 0 Å². The van der Waals surface area contributed by atoms with E-state index in [1.165, 1.54) is 7.11 Å². The standard InChI is InChI=1S/C8H14N2O3/c1-8(2,5-12-9)6-4-7(11-3)10-13-6/h4H,5,9H2,1-3H3. The van der Waals surface area contributed by atoms with Crippen molar-refractivity contribution in [2.75, 3.05) is 13.7 Å². The minimum Gasteiger partial charge on any atom is -0.479 e. The number of rotatable bonds is 4. The van der Waals surface area contributed by atoms with Crippen LogP contribution >= 0.6 is 0 Å². The van der Waals surface area contributed by atoms with Gasteiger partial charge >= 0.3 is 0 Å². The molecule has 2 N–H and O–H groups in total. The topological polar surface area (TPSA) is 70.5 Å². The van der Waals surface area contributed by atoms with E-state index in [1.807, 2.05) is 13.8 Å². The smallest absolute Gasteiger partial charge is 0.254 e. The fourth-order valence-electron chi connectivity index (χ4n) is 0.954. The van der Waals surface area contributed by atoms with Gasteiger partial charge in [0.1, 0.15) is 5.76 Å². The van der Waals surface area contributed by atoms with E-state index in [9.17, 15) is 0 Å². The summed E-state index contributed by atoms with van der Waals surface area (Å²) < 4.78 is 9.95. The minimum absolute atomic E-state index is 0.293. The number of methoxy groups -OCH3 is 1. The molecule has 0 amide bonds. The van der Waals surface area contributed by atoms with Crippen LogP contribution in [0.15, 0.2) is 10.6 Å². The Balaban J connectivity index is 2.80. The summed E-state index contributed by atoms with van der Waals surface area (Å²) in [5.74, 6) is 6.15. The molecule has 0 bridgehead atoms. The Labute approximate surface area is 76.7 Å². The summed E-state index contributed by atoms with van der Waals surface area (Å²) in [6.45, 7) is 4.25. The summed E-state index contributed by atoms with van der Waals surface area (Å²) in [4.78, 5) is 4.58. The molecular formula is C8H14N2O3. The lowest BCUT2D eigenvalue weighted by molar-refractivity contribution is 0.0848. The fourth-order valence-corrected chi connectivity index (χ4v) is 0.954. The maximum absolute atomic E-state index is 5.06. The van der Waals surface area contributed by atoms with E-state index in [2.05, 4.69) is 9.99 Å². The number of aromatic nitrogens is 1. The average Bonchev–Trinajstić information content (AvgIpc) is 2.52. The Morgan fingerprint density at radius 2 is 2.31 bits per heavy atom. The minimum atomic E-state index is -0.293. The fraction of sp³-hybridized carbons (Fsp3) is 0.625. The molecule has 0 aliphatic rings. The molecule has 1 rings (SSSR count). The van der Waals surface area contributed by atoms with Crippen LogP contribution in [0.3, 0.4) is 0 Å². The van der Waals surface area contributed by atoms with Crippen LogP contribution in [0.5, 0.6) is 5.88 Å². The van der Waals surface area contributed by atoms with Crippen LogP contribution in [-0.4, -0.2) is 18.9 Å². The molecule has 0 aliphatic carbocycles. The van der Waals surface area contributed by atoms with Crippen molar-refractivity contribution >= 4 is 0 Å². The number of hydrogen-bond acceptors (Lipinski definition) is 5. The number of hydrogen-bond donors (Lipinski definition) is 1. The van der Waals surface area contributed by atoms with Crippen molar-refractivity contribution in [1.82, 2.24) is 5.16 Å². The van der Waals surface area contributed by atoms with Crippen molar-refractivity contribution in [3.05, 3.63) is 11.8 Å². The van der Waals surface area contributed by atoms with Crippen LogP contribution in [0.4, 0.5) is 0 Å². The molecule has 5 nitrogen and oxygen atoms in total. The third-order valence-electron chi connectivity index (χ3n) is 1.81. The molecule has 0 saturated carbocycles. The van der Waals surface area contributed by atoms with Gasteiger partial charge < -0.3 is 14.1 Å². The molecule has 0 unspecified atom stereocenters. The second-order valence-electron chi connectivity index (χ2n) is 3.43. The van der Waals surface area contributed by atoms with Crippen molar-refractivity contribution in [1.29, 1.82) is 0 Å². The molecule has 1 aromatic rings. The van der Waals surface area contributed by atoms with Crippen LogP contribution in [-0.2, 0) is 10.3 Å². The maximum atomic E-state index is 5.06. The van der Waals surface area contributed by atoms with E-state index in [0.29, 0.717) is 18.2 Å². The van der Waals surface area contributed by atoms with Crippen LogP contribution in [0.2, 0.25) is 0 Å². The maximum Gasteiger partial charge on any atom is 0.254 e. The van der Waals surface area contributed by atoms with Crippen molar-refractivity contribution in [3.8, 4) is 5.88 Å². The van der Waals surface area contributed by atoms with Gasteiger partial charge in [0.15, 0.2) is 0 Å². The summed E-state index contributed by atoms with van der Waals surface area (Å²) in [6.07, 6.45) is 0. The summed E-state index contributed by atoms with van der Waals surface area (Å²) >= 11 is 0. The Kier molecular flexibility index (Phi) is 2.90. The predicted octanol–water partition coefficient (Wildman–Crippen LogP) is 0.851. The van der Waals surface area contributed by atoms with E-state index in [-0.39, 0.29) is 5.41 Å². The molecule has 13 heavy (non-hydrogen) atoms. The molecule has 0 spiro atoms. The molecule has 74 valence electrons. The zero-order chi connectivity index (χ0) is 9.90. The normalized spacial score (nSPS) is 11.7. The van der Waals surface area contributed by atoms with Gasteiger partial charge in [-0.1, -0.05) is 13.8 Å². The number of nitrogens with zero attached hydrogens (tertiary/aromatic N) is 1. The monoisotopic (exact) mass is 186 g/mol. The lowest BCUT2D eigenvalue weighted by atomic mass is 9.92. The molecule has 1 heterocycles. The quantitative estimate of drug-likeness (QED) is 0.706. The van der Waals surface area contributed by atoms with Gasteiger partial charge in [0.2, 0.25) is 0 Å². The van der Waals surface area contributed by atoms with E-state index in [0.717, 1.165) is 0 Å². The number of ether oxygens (including phenoxy) is 1. The predicted molar refractivity (Wildman–Crippen MR) is 46.2 cm³/mol. The van der Waals surface area contributed by atoms with E-state index in [4.69, 9.17) is 15.2 Å². The Morgan fingerprint density at radius 3 is 2.77 bits per heavy atom. The Hall–Kier alpha value is -1.07. The zero-order valence-electron chi connectivity index (χ0n) is 8.03. The third-order valence-corrected chi connectivity index (χ3v) is 1.81. The SMILES string of the molecule is COc1cc(C(C)(C)CON)on1.